The Balaban J connectivity index is 1.05. The van der Waals surface area contributed by atoms with Gasteiger partial charge in [-0.15, -0.1) is 0 Å². The number of para-hydroxylation sites is 1. The standard InChI is InChI=1S/C35H32N4O6/c1-42-15-16-43-27-13-14-39-29(19-36-33(39)18-27)28-12-11-25-7-4-8-31(34(25)37-28)45-32-21-38(20-30(32)40)35(41)44-22-23-9-10-24-5-2-3-6-26(24)17-23/h2-14,17-19,30,32,40H,15-16,20-22H2,1H3. The highest BCUT2D eigenvalue weighted by Gasteiger charge is 2.37. The molecule has 228 valence electrons. The van der Waals surface area contributed by atoms with E-state index in [4.69, 9.17) is 23.9 Å². The Hall–Kier alpha value is -5.19. The lowest BCUT2D eigenvalue weighted by Gasteiger charge is -2.18. The molecule has 10 nitrogen and oxygen atoms in total. The lowest BCUT2D eigenvalue weighted by molar-refractivity contribution is 0.0744. The second-order valence-electron chi connectivity index (χ2n) is 11.0. The Bertz CT molecular complexity index is 1990. The average molecular weight is 605 g/mol. The van der Waals surface area contributed by atoms with Gasteiger partial charge in [0.25, 0.3) is 0 Å². The lowest BCUT2D eigenvalue weighted by atomic mass is 10.1. The number of β-amino-alcohol motifs (C(OH)–C–C–N with tert-alkyl or cyclic N) is 1. The van der Waals surface area contributed by atoms with Gasteiger partial charge in [0, 0.05) is 24.8 Å². The van der Waals surface area contributed by atoms with Crippen LogP contribution >= 0.6 is 0 Å². The molecule has 0 bridgehead atoms. The van der Waals surface area contributed by atoms with E-state index < -0.39 is 18.3 Å². The molecule has 6 aromatic rings. The molecule has 1 N–H and O–H groups in total. The minimum Gasteiger partial charge on any atom is -0.491 e. The van der Waals surface area contributed by atoms with Gasteiger partial charge in [-0.25, -0.2) is 14.8 Å². The number of hydrogen-bond donors (Lipinski definition) is 1. The van der Waals surface area contributed by atoms with Crippen molar-refractivity contribution in [1.82, 2.24) is 19.3 Å². The summed E-state index contributed by atoms with van der Waals surface area (Å²) in [5.74, 6) is 1.23. The van der Waals surface area contributed by atoms with E-state index in [9.17, 15) is 9.90 Å². The molecular weight excluding hydrogens is 572 g/mol. The molecule has 2 atom stereocenters. The third-order valence-corrected chi connectivity index (χ3v) is 7.94. The highest BCUT2D eigenvalue weighted by Crippen LogP contribution is 2.30. The maximum absolute atomic E-state index is 12.9. The zero-order valence-electron chi connectivity index (χ0n) is 24.7. The number of aliphatic hydroxyl groups is 1. The summed E-state index contributed by atoms with van der Waals surface area (Å²) in [6.45, 7) is 1.40. The van der Waals surface area contributed by atoms with Crippen molar-refractivity contribution >= 4 is 33.4 Å². The number of imidazole rings is 1. The number of fused-ring (bicyclic) bond motifs is 3. The number of aliphatic hydroxyl groups excluding tert-OH is 1. The van der Waals surface area contributed by atoms with Crippen LogP contribution in [0.5, 0.6) is 11.5 Å². The first-order chi connectivity index (χ1) is 22.1. The van der Waals surface area contributed by atoms with E-state index in [-0.39, 0.29) is 19.7 Å². The summed E-state index contributed by atoms with van der Waals surface area (Å²) >= 11 is 0. The average Bonchev–Trinajstić information content (AvgIpc) is 3.66. The van der Waals surface area contributed by atoms with Gasteiger partial charge < -0.3 is 29.0 Å². The molecule has 1 fully saturated rings. The van der Waals surface area contributed by atoms with Crippen LogP contribution in [-0.2, 0) is 16.1 Å². The number of nitrogens with zero attached hydrogens (tertiary/aromatic N) is 4. The summed E-state index contributed by atoms with van der Waals surface area (Å²) in [7, 11) is 1.64. The number of pyridine rings is 2. The molecule has 1 amide bonds. The molecule has 0 aliphatic carbocycles. The van der Waals surface area contributed by atoms with Crippen molar-refractivity contribution in [3.05, 3.63) is 103 Å². The first-order valence-corrected chi connectivity index (χ1v) is 14.8. The Morgan fingerprint density at radius 1 is 0.933 bits per heavy atom. The Morgan fingerprint density at radius 3 is 2.67 bits per heavy atom. The molecule has 4 heterocycles. The Morgan fingerprint density at radius 2 is 1.78 bits per heavy atom. The van der Waals surface area contributed by atoms with Crippen LogP contribution in [-0.4, -0.2) is 76.1 Å². The molecule has 3 aromatic heterocycles. The maximum Gasteiger partial charge on any atom is 0.410 e. The van der Waals surface area contributed by atoms with Crippen LogP contribution in [0.25, 0.3) is 38.7 Å². The normalized spacial score (nSPS) is 16.4. The van der Waals surface area contributed by atoms with Crippen LogP contribution in [0.3, 0.4) is 0 Å². The third-order valence-electron chi connectivity index (χ3n) is 7.94. The van der Waals surface area contributed by atoms with Gasteiger partial charge >= 0.3 is 6.09 Å². The van der Waals surface area contributed by atoms with E-state index in [1.54, 1.807) is 13.3 Å². The van der Waals surface area contributed by atoms with Gasteiger partial charge in [0.1, 0.15) is 48.1 Å². The molecule has 1 saturated heterocycles. The van der Waals surface area contributed by atoms with Gasteiger partial charge in [-0.2, -0.15) is 0 Å². The number of benzene rings is 3. The second kappa shape index (κ2) is 12.4. The van der Waals surface area contributed by atoms with Gasteiger partial charge in [-0.1, -0.05) is 54.6 Å². The number of amides is 1. The minimum absolute atomic E-state index is 0.115. The second-order valence-corrected chi connectivity index (χ2v) is 11.0. The predicted octanol–water partition coefficient (Wildman–Crippen LogP) is 5.49. The van der Waals surface area contributed by atoms with Gasteiger partial charge in [0.2, 0.25) is 0 Å². The molecule has 1 aliphatic heterocycles. The van der Waals surface area contributed by atoms with Crippen LogP contribution in [0.4, 0.5) is 4.79 Å². The highest BCUT2D eigenvalue weighted by atomic mass is 16.6. The lowest BCUT2D eigenvalue weighted by Crippen LogP contribution is -2.31. The fourth-order valence-corrected chi connectivity index (χ4v) is 5.59. The van der Waals surface area contributed by atoms with Crippen LogP contribution in [0, 0.1) is 0 Å². The van der Waals surface area contributed by atoms with Crippen molar-refractivity contribution in [1.29, 1.82) is 0 Å². The number of methoxy groups -OCH3 is 1. The van der Waals surface area contributed by atoms with Gasteiger partial charge in [0.05, 0.1) is 37.3 Å². The van der Waals surface area contributed by atoms with E-state index in [1.165, 1.54) is 4.90 Å². The van der Waals surface area contributed by atoms with E-state index in [0.717, 1.165) is 33.1 Å². The summed E-state index contributed by atoms with van der Waals surface area (Å²) in [5.41, 5.74) is 3.80. The van der Waals surface area contributed by atoms with Crippen LogP contribution in [0.15, 0.2) is 97.3 Å². The molecule has 0 radical (unpaired) electrons. The number of ether oxygens (including phenoxy) is 4. The van der Waals surface area contributed by atoms with Crippen LogP contribution < -0.4 is 9.47 Å². The van der Waals surface area contributed by atoms with E-state index in [1.807, 2.05) is 95.5 Å². The molecule has 1 aliphatic rings. The van der Waals surface area contributed by atoms with Crippen molar-refractivity contribution in [3.8, 4) is 22.9 Å². The van der Waals surface area contributed by atoms with E-state index >= 15 is 0 Å². The van der Waals surface area contributed by atoms with Crippen molar-refractivity contribution in [2.24, 2.45) is 0 Å². The van der Waals surface area contributed by atoms with Gasteiger partial charge in [-0.05, 0) is 40.6 Å². The molecule has 0 spiro atoms. The smallest absolute Gasteiger partial charge is 0.410 e. The SMILES string of the molecule is COCCOc1ccn2c(-c3ccc4cccc(OC5CN(C(=O)OCc6ccc7ccccc7c6)CC5O)c4n3)cnc2c1. The monoisotopic (exact) mass is 604 g/mol. The summed E-state index contributed by atoms with van der Waals surface area (Å²) < 4.78 is 24.6. The fourth-order valence-electron chi connectivity index (χ4n) is 5.59. The van der Waals surface area contributed by atoms with Crippen LogP contribution in [0.2, 0.25) is 0 Å². The first kappa shape index (κ1) is 28.6. The molecule has 45 heavy (non-hydrogen) atoms. The quantitative estimate of drug-likeness (QED) is 0.216. The zero-order valence-corrected chi connectivity index (χ0v) is 24.7. The van der Waals surface area contributed by atoms with Crippen molar-refractivity contribution in [3.63, 3.8) is 0 Å². The number of aromatic nitrogens is 3. The molecule has 3 aromatic carbocycles. The fraction of sp³-hybridized carbons (Fsp3) is 0.229. The number of hydrogen-bond acceptors (Lipinski definition) is 8. The van der Waals surface area contributed by atoms with E-state index in [0.29, 0.717) is 35.9 Å². The number of carbonyl (C=O) groups excluding carboxylic acids is 1. The maximum atomic E-state index is 12.9. The highest BCUT2D eigenvalue weighted by molar-refractivity contribution is 5.87. The number of likely N-dealkylation sites (tertiary alicyclic amines) is 1. The summed E-state index contributed by atoms with van der Waals surface area (Å²) in [6, 6.07) is 27.3. The van der Waals surface area contributed by atoms with Crippen molar-refractivity contribution in [2.75, 3.05) is 33.4 Å². The number of carbonyl (C=O) groups is 1. The summed E-state index contributed by atoms with van der Waals surface area (Å²) in [6.07, 6.45) is 1.66. The van der Waals surface area contributed by atoms with E-state index in [2.05, 4.69) is 4.98 Å². The summed E-state index contributed by atoms with van der Waals surface area (Å²) in [4.78, 5) is 23.9. The largest absolute Gasteiger partial charge is 0.491 e. The van der Waals surface area contributed by atoms with Crippen LogP contribution in [0.1, 0.15) is 5.56 Å². The molecular formula is C35H32N4O6. The van der Waals surface area contributed by atoms with Gasteiger partial charge in [0.15, 0.2) is 0 Å². The van der Waals surface area contributed by atoms with Crippen molar-refractivity contribution in [2.45, 2.75) is 18.8 Å². The molecule has 0 saturated carbocycles. The topological polar surface area (TPSA) is 108 Å². The summed E-state index contributed by atoms with van der Waals surface area (Å²) in [5, 5.41) is 13.9. The van der Waals surface area contributed by atoms with Crippen molar-refractivity contribution < 1.29 is 28.8 Å². The minimum atomic E-state index is -0.879. The molecule has 10 heteroatoms. The zero-order chi connectivity index (χ0) is 30.8. The molecule has 2 unspecified atom stereocenters. The molecule has 7 rings (SSSR count). The Labute approximate surface area is 259 Å². The van der Waals surface area contributed by atoms with Gasteiger partial charge in [-0.3, -0.25) is 4.40 Å². The first-order valence-electron chi connectivity index (χ1n) is 14.8. The predicted molar refractivity (Wildman–Crippen MR) is 169 cm³/mol. The third kappa shape index (κ3) is 5.98. The number of rotatable bonds is 9. The Kier molecular flexibility index (Phi) is 7.89.